The molecule has 1 N–H and O–H groups in total. The third-order valence-electron chi connectivity index (χ3n) is 2.62. The lowest BCUT2D eigenvalue weighted by molar-refractivity contribution is -0.124. The molecular formula is C11H19NO2S. The molecule has 0 radical (unpaired) electrons. The fraction of sp³-hybridized carbons (Fsp3) is 0.818. The molecule has 0 saturated carbocycles. The van der Waals surface area contributed by atoms with E-state index in [0.717, 1.165) is 12.8 Å². The third kappa shape index (κ3) is 3.86. The highest BCUT2D eigenvalue weighted by molar-refractivity contribution is 8.01. The van der Waals surface area contributed by atoms with Crippen LogP contribution in [-0.2, 0) is 9.59 Å². The van der Waals surface area contributed by atoms with E-state index in [2.05, 4.69) is 19.2 Å². The Morgan fingerprint density at radius 3 is 2.67 bits per heavy atom. The molecule has 2 unspecified atom stereocenters. The number of carbonyl (C=O) groups excluding carboxylic acids is 2. The monoisotopic (exact) mass is 229 g/mol. The molecule has 1 heterocycles. The zero-order valence-electron chi connectivity index (χ0n) is 9.41. The molecule has 86 valence electrons. The highest BCUT2D eigenvalue weighted by Gasteiger charge is 2.32. The van der Waals surface area contributed by atoms with Crippen molar-refractivity contribution in [2.24, 2.45) is 0 Å². The summed E-state index contributed by atoms with van der Waals surface area (Å²) in [5, 5.41) is 2.73. The Morgan fingerprint density at radius 1 is 1.47 bits per heavy atom. The van der Waals surface area contributed by atoms with Gasteiger partial charge >= 0.3 is 0 Å². The first-order valence-corrected chi connectivity index (χ1v) is 6.60. The molecule has 15 heavy (non-hydrogen) atoms. The average molecular weight is 229 g/mol. The van der Waals surface area contributed by atoms with Crippen LogP contribution in [0.4, 0.5) is 0 Å². The highest BCUT2D eigenvalue weighted by atomic mass is 32.2. The summed E-state index contributed by atoms with van der Waals surface area (Å²) in [5.74, 6) is -0.220. The molecule has 2 atom stereocenters. The Bertz CT molecular complexity index is 243. The fourth-order valence-corrected chi connectivity index (χ4v) is 3.06. The van der Waals surface area contributed by atoms with E-state index in [-0.39, 0.29) is 17.1 Å². The minimum atomic E-state index is -0.140. The molecule has 1 rings (SSSR count). The zero-order valence-corrected chi connectivity index (χ0v) is 10.2. The van der Waals surface area contributed by atoms with Crippen molar-refractivity contribution < 1.29 is 9.59 Å². The standard InChI is InChI=1S/C11H19NO2S/c1-3-5-6-8(4-2)15-9-7-10(13)12-11(9)14/h8-9H,3-7H2,1-2H3,(H,12,13,14). The Balaban J connectivity index is 2.37. The Kier molecular flexibility index (Phi) is 5.15. The Morgan fingerprint density at radius 2 is 2.20 bits per heavy atom. The number of carbonyl (C=O) groups is 2. The van der Waals surface area contributed by atoms with Gasteiger partial charge in [-0.05, 0) is 12.8 Å². The second-order valence-corrected chi connectivity index (χ2v) is 5.42. The average Bonchev–Trinajstić information content (AvgIpc) is 2.52. The van der Waals surface area contributed by atoms with Gasteiger partial charge in [-0.1, -0.05) is 26.7 Å². The minimum absolute atomic E-state index is 0.0973. The van der Waals surface area contributed by atoms with Gasteiger partial charge in [0.05, 0.1) is 5.25 Å². The van der Waals surface area contributed by atoms with Crippen LogP contribution in [0.1, 0.15) is 46.0 Å². The molecule has 1 aliphatic heterocycles. The molecule has 0 aromatic rings. The van der Waals surface area contributed by atoms with Crippen molar-refractivity contribution in [3.63, 3.8) is 0 Å². The lowest BCUT2D eigenvalue weighted by Gasteiger charge is -2.16. The summed E-state index contributed by atoms with van der Waals surface area (Å²) in [6.07, 6.45) is 4.98. The molecule has 4 heteroatoms. The Hall–Kier alpha value is -0.510. The van der Waals surface area contributed by atoms with Gasteiger partial charge in [0.1, 0.15) is 0 Å². The van der Waals surface area contributed by atoms with E-state index >= 15 is 0 Å². The van der Waals surface area contributed by atoms with Crippen LogP contribution in [-0.4, -0.2) is 22.3 Å². The van der Waals surface area contributed by atoms with Gasteiger partial charge in [0.25, 0.3) is 0 Å². The molecule has 3 nitrogen and oxygen atoms in total. The van der Waals surface area contributed by atoms with Gasteiger partial charge in [0, 0.05) is 11.7 Å². The van der Waals surface area contributed by atoms with Crippen LogP contribution in [0.15, 0.2) is 0 Å². The molecule has 0 aromatic carbocycles. The SMILES string of the molecule is CCCCC(CC)SC1CC(=O)NC1=O. The predicted octanol–water partition coefficient (Wildman–Crippen LogP) is 2.10. The number of hydrogen-bond acceptors (Lipinski definition) is 3. The number of rotatable bonds is 6. The van der Waals surface area contributed by atoms with Crippen molar-refractivity contribution in [2.75, 3.05) is 0 Å². The highest BCUT2D eigenvalue weighted by Crippen LogP contribution is 2.29. The van der Waals surface area contributed by atoms with Gasteiger partial charge in [-0.2, -0.15) is 0 Å². The predicted molar refractivity (Wildman–Crippen MR) is 62.7 cm³/mol. The largest absolute Gasteiger partial charge is 0.295 e. The van der Waals surface area contributed by atoms with Crippen LogP contribution >= 0.6 is 11.8 Å². The second kappa shape index (κ2) is 6.16. The number of hydrogen-bond donors (Lipinski definition) is 1. The molecule has 0 aliphatic carbocycles. The smallest absolute Gasteiger partial charge is 0.240 e. The van der Waals surface area contributed by atoms with Crippen LogP contribution < -0.4 is 5.32 Å². The van der Waals surface area contributed by atoms with Crippen LogP contribution in [0.5, 0.6) is 0 Å². The zero-order chi connectivity index (χ0) is 11.3. The van der Waals surface area contributed by atoms with Crippen molar-refractivity contribution in [3.8, 4) is 0 Å². The third-order valence-corrected chi connectivity index (χ3v) is 4.28. The van der Waals surface area contributed by atoms with E-state index in [1.165, 1.54) is 12.8 Å². The molecular weight excluding hydrogens is 210 g/mol. The van der Waals surface area contributed by atoms with E-state index in [4.69, 9.17) is 0 Å². The van der Waals surface area contributed by atoms with E-state index in [1.54, 1.807) is 11.8 Å². The van der Waals surface area contributed by atoms with E-state index in [0.29, 0.717) is 11.7 Å². The maximum absolute atomic E-state index is 11.4. The van der Waals surface area contributed by atoms with Crippen molar-refractivity contribution in [2.45, 2.75) is 56.5 Å². The van der Waals surface area contributed by atoms with Crippen LogP contribution in [0.2, 0.25) is 0 Å². The van der Waals surface area contributed by atoms with E-state index < -0.39 is 0 Å². The molecule has 0 aromatic heterocycles. The number of amides is 2. The number of thioether (sulfide) groups is 1. The number of nitrogens with one attached hydrogen (secondary N) is 1. The quantitative estimate of drug-likeness (QED) is 0.709. The summed E-state index contributed by atoms with van der Waals surface area (Å²) in [5.41, 5.74) is 0. The summed E-state index contributed by atoms with van der Waals surface area (Å²) >= 11 is 1.67. The van der Waals surface area contributed by atoms with E-state index in [1.807, 2.05) is 0 Å². The minimum Gasteiger partial charge on any atom is -0.295 e. The molecule has 1 saturated heterocycles. The maximum atomic E-state index is 11.4. The molecule has 1 aliphatic rings. The van der Waals surface area contributed by atoms with Crippen molar-refractivity contribution in [1.82, 2.24) is 5.32 Å². The molecule has 0 spiro atoms. The van der Waals surface area contributed by atoms with Gasteiger partial charge in [-0.25, -0.2) is 0 Å². The van der Waals surface area contributed by atoms with Crippen LogP contribution in [0, 0.1) is 0 Å². The molecule has 2 amide bonds. The van der Waals surface area contributed by atoms with Gasteiger partial charge in [0.2, 0.25) is 11.8 Å². The topological polar surface area (TPSA) is 46.2 Å². The number of imide groups is 1. The van der Waals surface area contributed by atoms with Crippen LogP contribution in [0.25, 0.3) is 0 Å². The van der Waals surface area contributed by atoms with Gasteiger partial charge in [-0.3, -0.25) is 14.9 Å². The number of unbranched alkanes of at least 4 members (excludes halogenated alkanes) is 1. The van der Waals surface area contributed by atoms with Crippen molar-refractivity contribution in [1.29, 1.82) is 0 Å². The summed E-state index contributed by atoms with van der Waals surface area (Å²) in [7, 11) is 0. The van der Waals surface area contributed by atoms with Gasteiger partial charge in [-0.15, -0.1) is 11.8 Å². The fourth-order valence-electron chi connectivity index (χ4n) is 1.67. The second-order valence-electron chi connectivity index (χ2n) is 3.91. The maximum Gasteiger partial charge on any atom is 0.240 e. The molecule has 0 bridgehead atoms. The molecule has 1 fully saturated rings. The lowest BCUT2D eigenvalue weighted by atomic mass is 10.2. The normalized spacial score (nSPS) is 22.9. The van der Waals surface area contributed by atoms with Crippen molar-refractivity contribution >= 4 is 23.6 Å². The van der Waals surface area contributed by atoms with Gasteiger partial charge < -0.3 is 0 Å². The first-order chi connectivity index (χ1) is 7.17. The first kappa shape index (κ1) is 12.6. The Labute approximate surface area is 95.4 Å². The summed E-state index contributed by atoms with van der Waals surface area (Å²) < 4.78 is 0. The lowest BCUT2D eigenvalue weighted by Crippen LogP contribution is -2.24. The van der Waals surface area contributed by atoms with Crippen LogP contribution in [0.3, 0.4) is 0 Å². The summed E-state index contributed by atoms with van der Waals surface area (Å²) in [6, 6.07) is 0. The first-order valence-electron chi connectivity index (χ1n) is 5.66. The van der Waals surface area contributed by atoms with Crippen molar-refractivity contribution in [3.05, 3.63) is 0 Å². The van der Waals surface area contributed by atoms with E-state index in [9.17, 15) is 9.59 Å². The summed E-state index contributed by atoms with van der Waals surface area (Å²) in [4.78, 5) is 22.4. The van der Waals surface area contributed by atoms with Gasteiger partial charge in [0.15, 0.2) is 0 Å². The summed E-state index contributed by atoms with van der Waals surface area (Å²) in [6.45, 7) is 4.31.